The van der Waals surface area contributed by atoms with Crippen molar-refractivity contribution >= 4 is 11.6 Å². The highest BCUT2D eigenvalue weighted by Gasteiger charge is 2.54. The maximum atomic E-state index is 12.6. The third kappa shape index (κ3) is 1.51. The average Bonchev–Trinajstić information content (AvgIpc) is 2.79. The van der Waals surface area contributed by atoms with Crippen LogP contribution in [0.1, 0.15) is 38.5 Å². The minimum atomic E-state index is -0.0635. The fourth-order valence-corrected chi connectivity index (χ4v) is 4.97. The smallest absolute Gasteiger partial charge is 0.230 e. The predicted molar refractivity (Wildman–Crippen MR) is 67.8 cm³/mol. The number of nitrogens with zero attached hydrogens (tertiary/aromatic N) is 1. The molecule has 5 rings (SSSR count). The highest BCUT2D eigenvalue weighted by molar-refractivity contribution is 5.95. The van der Waals surface area contributed by atoms with Crippen molar-refractivity contribution in [2.75, 3.05) is 5.32 Å². The number of amides is 1. The van der Waals surface area contributed by atoms with Gasteiger partial charge in [0.15, 0.2) is 0 Å². The molecule has 4 nitrogen and oxygen atoms in total. The van der Waals surface area contributed by atoms with Gasteiger partial charge in [-0.3, -0.25) is 9.89 Å². The van der Waals surface area contributed by atoms with E-state index in [-0.39, 0.29) is 11.3 Å². The van der Waals surface area contributed by atoms with Crippen LogP contribution in [-0.2, 0) is 4.79 Å². The zero-order chi connectivity index (χ0) is 12.2. The Bertz CT molecular complexity index is 430. The van der Waals surface area contributed by atoms with Gasteiger partial charge >= 0.3 is 0 Å². The zero-order valence-electron chi connectivity index (χ0n) is 10.5. The first-order valence-corrected chi connectivity index (χ1v) is 7.04. The summed E-state index contributed by atoms with van der Waals surface area (Å²) in [5, 5.41) is 9.67. The van der Waals surface area contributed by atoms with Crippen LogP contribution in [0.15, 0.2) is 12.4 Å². The highest BCUT2D eigenvalue weighted by atomic mass is 16.2. The maximum Gasteiger partial charge on any atom is 0.230 e. The zero-order valence-corrected chi connectivity index (χ0v) is 10.5. The van der Waals surface area contributed by atoms with Crippen LogP contribution >= 0.6 is 0 Å². The van der Waals surface area contributed by atoms with Crippen molar-refractivity contribution in [2.24, 2.45) is 23.2 Å². The van der Waals surface area contributed by atoms with Crippen LogP contribution in [0.3, 0.4) is 0 Å². The van der Waals surface area contributed by atoms with Gasteiger partial charge in [-0.2, -0.15) is 5.10 Å². The fraction of sp³-hybridized carbons (Fsp3) is 0.714. The van der Waals surface area contributed by atoms with Crippen molar-refractivity contribution in [2.45, 2.75) is 38.5 Å². The molecular formula is C14H19N3O. The number of carbonyl (C=O) groups excluding carboxylic acids is 1. The fourth-order valence-electron chi connectivity index (χ4n) is 4.97. The van der Waals surface area contributed by atoms with Gasteiger partial charge in [0, 0.05) is 6.20 Å². The minimum absolute atomic E-state index is 0.0635. The Labute approximate surface area is 107 Å². The van der Waals surface area contributed by atoms with Gasteiger partial charge in [0.05, 0.1) is 17.3 Å². The van der Waals surface area contributed by atoms with Crippen molar-refractivity contribution < 1.29 is 4.79 Å². The van der Waals surface area contributed by atoms with E-state index in [1.54, 1.807) is 12.4 Å². The van der Waals surface area contributed by atoms with E-state index in [9.17, 15) is 4.79 Å². The normalized spacial score (nSPS) is 41.0. The molecule has 4 aliphatic carbocycles. The Morgan fingerprint density at radius 1 is 1.22 bits per heavy atom. The standard InChI is InChI=1S/C14H19N3O/c18-13(17-12-7-15-16-8-12)14-4-9-1-10(5-14)3-11(2-9)6-14/h7-11H,1-6H2,(H,15,16)(H,17,18). The molecule has 4 fully saturated rings. The van der Waals surface area contributed by atoms with Crippen LogP contribution in [0.2, 0.25) is 0 Å². The number of H-pyrrole nitrogens is 1. The molecule has 4 bridgehead atoms. The summed E-state index contributed by atoms with van der Waals surface area (Å²) in [4.78, 5) is 12.6. The first-order valence-electron chi connectivity index (χ1n) is 7.04. The Morgan fingerprint density at radius 3 is 2.33 bits per heavy atom. The third-order valence-corrected chi connectivity index (χ3v) is 5.28. The van der Waals surface area contributed by atoms with Gasteiger partial charge in [0.1, 0.15) is 0 Å². The van der Waals surface area contributed by atoms with Gasteiger partial charge in [-0.25, -0.2) is 0 Å². The second-order valence-electron chi connectivity index (χ2n) is 6.64. The van der Waals surface area contributed by atoms with Crippen molar-refractivity contribution in [3.63, 3.8) is 0 Å². The summed E-state index contributed by atoms with van der Waals surface area (Å²) >= 11 is 0. The number of nitrogens with one attached hydrogen (secondary N) is 2. The summed E-state index contributed by atoms with van der Waals surface area (Å²) in [7, 11) is 0. The average molecular weight is 245 g/mol. The maximum absolute atomic E-state index is 12.6. The summed E-state index contributed by atoms with van der Waals surface area (Å²) in [6.07, 6.45) is 10.9. The van der Waals surface area contributed by atoms with E-state index in [0.29, 0.717) is 0 Å². The molecule has 4 saturated carbocycles. The van der Waals surface area contributed by atoms with Crippen molar-refractivity contribution in [3.05, 3.63) is 12.4 Å². The summed E-state index contributed by atoms with van der Waals surface area (Å²) in [5.74, 6) is 2.67. The first kappa shape index (κ1) is 10.6. The lowest BCUT2D eigenvalue weighted by molar-refractivity contribution is -0.140. The molecule has 96 valence electrons. The Kier molecular flexibility index (Phi) is 2.11. The van der Waals surface area contributed by atoms with E-state index in [1.165, 1.54) is 19.3 Å². The summed E-state index contributed by atoms with van der Waals surface area (Å²) < 4.78 is 0. The Hall–Kier alpha value is -1.32. The molecule has 4 aliphatic rings. The monoisotopic (exact) mass is 245 g/mol. The third-order valence-electron chi connectivity index (χ3n) is 5.28. The van der Waals surface area contributed by atoms with Crippen LogP contribution in [0.25, 0.3) is 0 Å². The van der Waals surface area contributed by atoms with Crippen LogP contribution in [0.4, 0.5) is 5.69 Å². The lowest BCUT2D eigenvalue weighted by Gasteiger charge is -2.55. The van der Waals surface area contributed by atoms with Crippen LogP contribution in [0, 0.1) is 23.2 Å². The Balaban J connectivity index is 1.58. The van der Waals surface area contributed by atoms with Crippen molar-refractivity contribution in [3.8, 4) is 0 Å². The van der Waals surface area contributed by atoms with Crippen LogP contribution in [0.5, 0.6) is 0 Å². The van der Waals surface area contributed by atoms with E-state index in [0.717, 1.165) is 42.7 Å². The number of anilines is 1. The van der Waals surface area contributed by atoms with Gasteiger partial charge in [0.25, 0.3) is 0 Å². The highest BCUT2D eigenvalue weighted by Crippen LogP contribution is 2.60. The number of aromatic amines is 1. The molecule has 0 aliphatic heterocycles. The molecule has 1 aromatic rings. The Morgan fingerprint density at radius 2 is 1.83 bits per heavy atom. The van der Waals surface area contributed by atoms with Crippen LogP contribution < -0.4 is 5.32 Å². The molecule has 4 heteroatoms. The second-order valence-corrected chi connectivity index (χ2v) is 6.64. The molecule has 0 atom stereocenters. The largest absolute Gasteiger partial charge is 0.323 e. The SMILES string of the molecule is O=C(Nc1cn[nH]c1)C12CC3CC(CC(C3)C1)C2. The number of rotatable bonds is 2. The van der Waals surface area contributed by atoms with Gasteiger partial charge in [-0.1, -0.05) is 0 Å². The molecule has 0 aromatic carbocycles. The molecule has 0 unspecified atom stereocenters. The van der Waals surface area contributed by atoms with Gasteiger partial charge < -0.3 is 5.32 Å². The van der Waals surface area contributed by atoms with E-state index in [2.05, 4.69) is 15.5 Å². The van der Waals surface area contributed by atoms with Crippen LogP contribution in [-0.4, -0.2) is 16.1 Å². The first-order chi connectivity index (χ1) is 8.73. The van der Waals surface area contributed by atoms with E-state index < -0.39 is 0 Å². The van der Waals surface area contributed by atoms with Gasteiger partial charge in [-0.15, -0.1) is 0 Å². The predicted octanol–water partition coefficient (Wildman–Crippen LogP) is 2.56. The van der Waals surface area contributed by atoms with E-state index >= 15 is 0 Å². The number of carbonyl (C=O) groups is 1. The molecule has 2 N–H and O–H groups in total. The summed E-state index contributed by atoms with van der Waals surface area (Å²) in [6, 6.07) is 0. The van der Waals surface area contributed by atoms with Gasteiger partial charge in [-0.05, 0) is 56.3 Å². The quantitative estimate of drug-likeness (QED) is 0.841. The lowest BCUT2D eigenvalue weighted by Crippen LogP contribution is -2.51. The van der Waals surface area contributed by atoms with Crippen molar-refractivity contribution in [1.29, 1.82) is 0 Å². The minimum Gasteiger partial charge on any atom is -0.323 e. The second kappa shape index (κ2) is 3.59. The number of hydrogen-bond donors (Lipinski definition) is 2. The summed E-state index contributed by atoms with van der Waals surface area (Å²) in [6.45, 7) is 0. The van der Waals surface area contributed by atoms with Crippen molar-refractivity contribution in [1.82, 2.24) is 10.2 Å². The topological polar surface area (TPSA) is 57.8 Å². The van der Waals surface area contributed by atoms with E-state index in [4.69, 9.17) is 0 Å². The molecular weight excluding hydrogens is 226 g/mol. The lowest BCUT2D eigenvalue weighted by atomic mass is 9.49. The molecule has 0 saturated heterocycles. The molecule has 0 spiro atoms. The number of aromatic nitrogens is 2. The molecule has 0 radical (unpaired) electrons. The molecule has 1 heterocycles. The van der Waals surface area contributed by atoms with E-state index in [1.807, 2.05) is 0 Å². The molecule has 1 amide bonds. The molecule has 1 aromatic heterocycles. The number of hydrogen-bond acceptors (Lipinski definition) is 2. The molecule has 18 heavy (non-hydrogen) atoms. The summed E-state index contributed by atoms with van der Waals surface area (Å²) in [5.41, 5.74) is 0.738. The van der Waals surface area contributed by atoms with Gasteiger partial charge in [0.2, 0.25) is 5.91 Å².